The van der Waals surface area contributed by atoms with Gasteiger partial charge in [-0.25, -0.2) is 14.4 Å². The first-order chi connectivity index (χ1) is 11.1. The van der Waals surface area contributed by atoms with Crippen molar-refractivity contribution in [2.24, 2.45) is 0 Å². The third-order valence-electron chi connectivity index (χ3n) is 3.84. The van der Waals surface area contributed by atoms with Crippen molar-refractivity contribution in [2.45, 2.75) is 6.42 Å². The molecule has 1 aromatic heterocycles. The van der Waals surface area contributed by atoms with Gasteiger partial charge in [0.2, 0.25) is 11.9 Å². The van der Waals surface area contributed by atoms with E-state index in [1.807, 2.05) is 4.90 Å². The molecule has 0 radical (unpaired) electrons. The van der Waals surface area contributed by atoms with E-state index in [9.17, 15) is 9.18 Å². The zero-order chi connectivity index (χ0) is 16.2. The van der Waals surface area contributed by atoms with Crippen LogP contribution in [0, 0.1) is 5.82 Å². The summed E-state index contributed by atoms with van der Waals surface area (Å²) in [5, 5.41) is 0. The standard InChI is InChI=1S/C16H16BrFN4O/c17-13-4-1-3-12(15(13)18)11-14(23)21-7-9-22(10-8-21)16-19-5-2-6-20-16/h1-6H,7-11H2. The fraction of sp³-hybridized carbons (Fsp3) is 0.312. The normalized spacial score (nSPS) is 14.9. The summed E-state index contributed by atoms with van der Waals surface area (Å²) in [7, 11) is 0. The van der Waals surface area contributed by atoms with Gasteiger partial charge in [-0.2, -0.15) is 0 Å². The van der Waals surface area contributed by atoms with Crippen molar-refractivity contribution >= 4 is 27.8 Å². The van der Waals surface area contributed by atoms with Gasteiger partial charge < -0.3 is 9.80 Å². The lowest BCUT2D eigenvalue weighted by molar-refractivity contribution is -0.130. The van der Waals surface area contributed by atoms with Crippen molar-refractivity contribution in [3.8, 4) is 0 Å². The molecule has 2 heterocycles. The highest BCUT2D eigenvalue weighted by Gasteiger charge is 2.23. The van der Waals surface area contributed by atoms with Gasteiger partial charge in [0.1, 0.15) is 5.82 Å². The number of carbonyl (C=O) groups excluding carboxylic acids is 1. The number of hydrogen-bond acceptors (Lipinski definition) is 4. The lowest BCUT2D eigenvalue weighted by Crippen LogP contribution is -2.49. The minimum atomic E-state index is -0.364. The van der Waals surface area contributed by atoms with Gasteiger partial charge in [0, 0.05) is 38.6 Å². The molecule has 0 bridgehead atoms. The van der Waals surface area contributed by atoms with Gasteiger partial charge in [0.05, 0.1) is 10.9 Å². The lowest BCUT2D eigenvalue weighted by atomic mass is 10.1. The van der Waals surface area contributed by atoms with E-state index in [2.05, 4.69) is 25.9 Å². The number of amides is 1. The predicted octanol–water partition coefficient (Wildman–Crippen LogP) is 2.27. The molecule has 5 nitrogen and oxygen atoms in total. The summed E-state index contributed by atoms with van der Waals surface area (Å²) in [6.45, 7) is 2.53. The Labute approximate surface area is 142 Å². The molecular formula is C16H16BrFN4O. The topological polar surface area (TPSA) is 49.3 Å². The van der Waals surface area contributed by atoms with Crippen LogP contribution in [-0.4, -0.2) is 47.0 Å². The summed E-state index contributed by atoms with van der Waals surface area (Å²) in [4.78, 5) is 24.6. The number of rotatable bonds is 3. The molecule has 0 unspecified atom stereocenters. The molecule has 1 saturated heterocycles. The van der Waals surface area contributed by atoms with Crippen molar-refractivity contribution < 1.29 is 9.18 Å². The molecule has 23 heavy (non-hydrogen) atoms. The van der Waals surface area contributed by atoms with E-state index in [1.54, 1.807) is 41.6 Å². The van der Waals surface area contributed by atoms with Crippen LogP contribution in [0.1, 0.15) is 5.56 Å². The first kappa shape index (κ1) is 15.9. The highest BCUT2D eigenvalue weighted by molar-refractivity contribution is 9.10. The fourth-order valence-electron chi connectivity index (χ4n) is 2.57. The summed E-state index contributed by atoms with van der Waals surface area (Å²) in [6.07, 6.45) is 3.49. The molecule has 1 aliphatic heterocycles. The predicted molar refractivity (Wildman–Crippen MR) is 88.6 cm³/mol. The molecular weight excluding hydrogens is 363 g/mol. The maximum atomic E-state index is 14.0. The Balaban J connectivity index is 1.59. The van der Waals surface area contributed by atoms with Crippen molar-refractivity contribution in [1.29, 1.82) is 0 Å². The Hall–Kier alpha value is -2.02. The summed E-state index contributed by atoms with van der Waals surface area (Å²) in [5.74, 6) is 0.255. The maximum absolute atomic E-state index is 14.0. The van der Waals surface area contributed by atoms with Crippen LogP contribution in [-0.2, 0) is 11.2 Å². The third-order valence-corrected chi connectivity index (χ3v) is 4.45. The van der Waals surface area contributed by atoms with Crippen LogP contribution in [0.15, 0.2) is 41.1 Å². The number of benzene rings is 1. The van der Waals surface area contributed by atoms with Crippen LogP contribution in [0.4, 0.5) is 10.3 Å². The highest BCUT2D eigenvalue weighted by Crippen LogP contribution is 2.20. The van der Waals surface area contributed by atoms with Gasteiger partial charge >= 0.3 is 0 Å². The second-order valence-electron chi connectivity index (χ2n) is 5.31. The number of anilines is 1. The zero-order valence-corrected chi connectivity index (χ0v) is 14.0. The zero-order valence-electron chi connectivity index (χ0n) is 12.5. The summed E-state index contributed by atoms with van der Waals surface area (Å²) < 4.78 is 14.4. The number of aromatic nitrogens is 2. The Morgan fingerprint density at radius 2 is 1.83 bits per heavy atom. The van der Waals surface area contributed by atoms with Crippen molar-refractivity contribution in [3.05, 3.63) is 52.5 Å². The van der Waals surface area contributed by atoms with E-state index < -0.39 is 0 Å². The second kappa shape index (κ2) is 7.04. The molecule has 1 amide bonds. The van der Waals surface area contributed by atoms with E-state index in [4.69, 9.17) is 0 Å². The first-order valence-corrected chi connectivity index (χ1v) is 8.17. The summed E-state index contributed by atoms with van der Waals surface area (Å²) in [5.41, 5.74) is 0.415. The minimum absolute atomic E-state index is 0.0596. The van der Waals surface area contributed by atoms with Gasteiger partial charge in [-0.05, 0) is 33.6 Å². The SMILES string of the molecule is O=C(Cc1cccc(Br)c1F)N1CCN(c2ncccn2)CC1. The Morgan fingerprint density at radius 1 is 1.13 bits per heavy atom. The number of piperazine rings is 1. The Kier molecular flexibility index (Phi) is 4.85. The third kappa shape index (κ3) is 3.67. The highest BCUT2D eigenvalue weighted by atomic mass is 79.9. The number of carbonyl (C=O) groups is 1. The van der Waals surface area contributed by atoms with Gasteiger partial charge in [0.15, 0.2) is 0 Å². The molecule has 1 aromatic carbocycles. The molecule has 1 fully saturated rings. The van der Waals surface area contributed by atoms with Crippen LogP contribution >= 0.6 is 15.9 Å². The quantitative estimate of drug-likeness (QED) is 0.821. The van der Waals surface area contributed by atoms with Gasteiger partial charge in [-0.3, -0.25) is 4.79 Å². The van der Waals surface area contributed by atoms with Crippen LogP contribution in [0.3, 0.4) is 0 Å². The maximum Gasteiger partial charge on any atom is 0.227 e. The van der Waals surface area contributed by atoms with Crippen LogP contribution in [0.5, 0.6) is 0 Å². The molecule has 0 atom stereocenters. The molecule has 0 N–H and O–H groups in total. The first-order valence-electron chi connectivity index (χ1n) is 7.38. The molecule has 0 saturated carbocycles. The van der Waals surface area contributed by atoms with Crippen molar-refractivity contribution in [3.63, 3.8) is 0 Å². The molecule has 2 aromatic rings. The number of nitrogens with zero attached hydrogens (tertiary/aromatic N) is 4. The Bertz CT molecular complexity index is 690. The van der Waals surface area contributed by atoms with E-state index in [1.165, 1.54) is 0 Å². The van der Waals surface area contributed by atoms with Gasteiger partial charge in [0.25, 0.3) is 0 Å². The fourth-order valence-corrected chi connectivity index (χ4v) is 2.98. The van der Waals surface area contributed by atoms with E-state index >= 15 is 0 Å². The second-order valence-corrected chi connectivity index (χ2v) is 6.16. The van der Waals surface area contributed by atoms with Crippen LogP contribution in [0.2, 0.25) is 0 Å². The van der Waals surface area contributed by atoms with E-state index in [0.717, 1.165) is 0 Å². The van der Waals surface area contributed by atoms with Crippen molar-refractivity contribution in [2.75, 3.05) is 31.1 Å². The smallest absolute Gasteiger partial charge is 0.227 e. The molecule has 1 aliphatic rings. The van der Waals surface area contributed by atoms with Crippen LogP contribution in [0.25, 0.3) is 0 Å². The lowest BCUT2D eigenvalue weighted by Gasteiger charge is -2.34. The van der Waals surface area contributed by atoms with E-state index in [0.29, 0.717) is 42.2 Å². The van der Waals surface area contributed by atoms with Crippen molar-refractivity contribution in [1.82, 2.24) is 14.9 Å². The summed E-state index contributed by atoms with van der Waals surface area (Å²) in [6, 6.07) is 6.78. The molecule has 120 valence electrons. The molecule has 3 rings (SSSR count). The van der Waals surface area contributed by atoms with Crippen LogP contribution < -0.4 is 4.90 Å². The van der Waals surface area contributed by atoms with Gasteiger partial charge in [-0.1, -0.05) is 12.1 Å². The number of hydrogen-bond donors (Lipinski definition) is 0. The average Bonchev–Trinajstić information content (AvgIpc) is 2.60. The van der Waals surface area contributed by atoms with Gasteiger partial charge in [-0.15, -0.1) is 0 Å². The molecule has 0 spiro atoms. The average molecular weight is 379 g/mol. The molecule has 0 aliphatic carbocycles. The van der Waals surface area contributed by atoms with E-state index in [-0.39, 0.29) is 18.1 Å². The molecule has 7 heteroatoms. The summed E-state index contributed by atoms with van der Waals surface area (Å²) >= 11 is 3.15. The largest absolute Gasteiger partial charge is 0.339 e. The minimum Gasteiger partial charge on any atom is -0.339 e. The number of halogens is 2. The monoisotopic (exact) mass is 378 g/mol. The Morgan fingerprint density at radius 3 is 2.52 bits per heavy atom.